The molecule has 1 aliphatic rings. The first-order valence-corrected chi connectivity index (χ1v) is 8.57. The molecule has 6 heteroatoms. The summed E-state index contributed by atoms with van der Waals surface area (Å²) in [6.07, 6.45) is 7.36. The first-order chi connectivity index (χ1) is 11.5. The molecule has 1 saturated heterocycles. The lowest BCUT2D eigenvalue weighted by molar-refractivity contribution is -0.137. The molecule has 0 saturated carbocycles. The minimum atomic E-state index is -0.949. The van der Waals surface area contributed by atoms with Gasteiger partial charge in [-0.15, -0.1) is 0 Å². The molecule has 0 radical (unpaired) electrons. The van der Waals surface area contributed by atoms with Gasteiger partial charge >= 0.3 is 5.97 Å². The molecule has 1 aliphatic heterocycles. The number of hydrogen-bond donors (Lipinski definition) is 1. The van der Waals surface area contributed by atoms with Gasteiger partial charge in [0.1, 0.15) is 4.32 Å². The van der Waals surface area contributed by atoms with Crippen LogP contribution in [0.4, 0.5) is 0 Å². The molecule has 1 aromatic rings. The number of carbonyl (C=O) groups is 2. The molecule has 1 heterocycles. The number of rotatable bonds is 6. The average Bonchev–Trinajstić information content (AvgIpc) is 2.80. The van der Waals surface area contributed by atoms with E-state index in [0.29, 0.717) is 9.23 Å². The fraction of sp³-hybridized carbons (Fsp3) is 0.167. The van der Waals surface area contributed by atoms with Crippen molar-refractivity contribution in [1.82, 2.24) is 4.90 Å². The minimum absolute atomic E-state index is 0.105. The largest absolute Gasteiger partial charge is 0.481 e. The molecule has 0 bridgehead atoms. The number of allylic oxidation sites excluding steroid dienone is 4. The molecule has 0 atom stereocenters. The van der Waals surface area contributed by atoms with Crippen molar-refractivity contribution in [3.8, 4) is 0 Å². The molecule has 1 aromatic carbocycles. The number of nitrogens with zero attached hydrogens (tertiary/aromatic N) is 1. The first kappa shape index (κ1) is 18.2. The fourth-order valence-electron chi connectivity index (χ4n) is 2.06. The van der Waals surface area contributed by atoms with Gasteiger partial charge in [-0.05, 0) is 18.6 Å². The van der Waals surface area contributed by atoms with E-state index in [1.54, 1.807) is 12.2 Å². The maximum atomic E-state index is 12.2. The lowest BCUT2D eigenvalue weighted by Crippen LogP contribution is -2.30. The van der Waals surface area contributed by atoms with Crippen LogP contribution in [-0.4, -0.2) is 32.7 Å². The van der Waals surface area contributed by atoms with E-state index in [-0.39, 0.29) is 18.9 Å². The zero-order valence-electron chi connectivity index (χ0n) is 13.1. The Morgan fingerprint density at radius 1 is 1.33 bits per heavy atom. The second-order valence-electron chi connectivity index (χ2n) is 5.16. The number of carboxylic acids is 1. The van der Waals surface area contributed by atoms with Gasteiger partial charge in [-0.25, -0.2) is 0 Å². The van der Waals surface area contributed by atoms with Crippen molar-refractivity contribution in [2.24, 2.45) is 0 Å². The molecule has 0 aliphatic carbocycles. The van der Waals surface area contributed by atoms with E-state index in [2.05, 4.69) is 0 Å². The minimum Gasteiger partial charge on any atom is -0.481 e. The summed E-state index contributed by atoms with van der Waals surface area (Å²) in [5.74, 6) is -1.19. The summed E-state index contributed by atoms with van der Waals surface area (Å²) < 4.78 is 0.400. The Labute approximate surface area is 150 Å². The molecule has 0 unspecified atom stereocenters. The third-order valence-electron chi connectivity index (χ3n) is 3.22. The highest BCUT2D eigenvalue weighted by Crippen LogP contribution is 2.31. The number of thiocarbonyl (C=S) groups is 1. The normalized spacial score (nSPS) is 17.3. The number of hydrogen-bond acceptors (Lipinski definition) is 4. The second kappa shape index (κ2) is 8.61. The first-order valence-electron chi connectivity index (χ1n) is 7.34. The van der Waals surface area contributed by atoms with Gasteiger partial charge in [0.25, 0.3) is 5.91 Å². The lowest BCUT2D eigenvalue weighted by Gasteiger charge is -2.12. The maximum Gasteiger partial charge on any atom is 0.305 e. The van der Waals surface area contributed by atoms with Crippen LogP contribution in [0.5, 0.6) is 0 Å². The molecule has 1 fully saturated rings. The van der Waals surface area contributed by atoms with Crippen molar-refractivity contribution in [3.05, 3.63) is 64.6 Å². The van der Waals surface area contributed by atoms with E-state index in [1.807, 2.05) is 49.4 Å². The Kier molecular flexibility index (Phi) is 6.52. The van der Waals surface area contributed by atoms with Crippen molar-refractivity contribution >= 4 is 46.3 Å². The quantitative estimate of drug-likeness (QED) is 0.475. The number of thioether (sulfide) groups is 1. The predicted molar refractivity (Wildman–Crippen MR) is 101 cm³/mol. The molecule has 1 amide bonds. The Morgan fingerprint density at radius 2 is 2.04 bits per heavy atom. The summed E-state index contributed by atoms with van der Waals surface area (Å²) in [6.45, 7) is 2.09. The van der Waals surface area contributed by atoms with E-state index in [1.165, 1.54) is 16.7 Å². The number of carboxylic acid groups (broad SMARTS) is 1. The number of carbonyl (C=O) groups excluding carboxylic acids is 1. The summed E-state index contributed by atoms with van der Waals surface area (Å²) in [7, 11) is 0. The summed E-state index contributed by atoms with van der Waals surface area (Å²) in [5, 5.41) is 8.72. The smallest absolute Gasteiger partial charge is 0.305 e. The Bertz CT molecular complexity index is 736. The van der Waals surface area contributed by atoms with Crippen LogP contribution in [-0.2, 0) is 9.59 Å². The van der Waals surface area contributed by atoms with Crippen LogP contribution in [0.2, 0.25) is 0 Å². The van der Waals surface area contributed by atoms with Gasteiger partial charge in [0, 0.05) is 6.54 Å². The van der Waals surface area contributed by atoms with Gasteiger partial charge in [0.2, 0.25) is 0 Å². The molecule has 124 valence electrons. The molecule has 0 spiro atoms. The van der Waals surface area contributed by atoms with Gasteiger partial charge in [-0.3, -0.25) is 14.5 Å². The highest BCUT2D eigenvalue weighted by molar-refractivity contribution is 8.26. The van der Waals surface area contributed by atoms with Crippen LogP contribution in [0.25, 0.3) is 6.08 Å². The summed E-state index contributed by atoms with van der Waals surface area (Å²) in [6, 6.07) is 9.96. The van der Waals surface area contributed by atoms with E-state index >= 15 is 0 Å². The zero-order valence-corrected chi connectivity index (χ0v) is 14.8. The summed E-state index contributed by atoms with van der Waals surface area (Å²) in [4.78, 5) is 24.7. The maximum absolute atomic E-state index is 12.2. The Balaban J connectivity index is 2.01. The van der Waals surface area contributed by atoms with Crippen molar-refractivity contribution < 1.29 is 14.7 Å². The molecule has 2 rings (SSSR count). The van der Waals surface area contributed by atoms with E-state index in [9.17, 15) is 9.59 Å². The molecule has 24 heavy (non-hydrogen) atoms. The van der Waals surface area contributed by atoms with Crippen LogP contribution in [0.15, 0.2) is 59.0 Å². The SMILES string of the molecule is CC(/C=C/C=C1/SC(=S)N(CCC(=O)O)C1=O)=C\c1ccccc1. The van der Waals surface area contributed by atoms with Gasteiger partial charge in [0.15, 0.2) is 0 Å². The molecular weight excluding hydrogens is 342 g/mol. The lowest BCUT2D eigenvalue weighted by atomic mass is 10.1. The molecule has 1 N–H and O–H groups in total. The van der Waals surface area contributed by atoms with E-state index < -0.39 is 5.97 Å². The monoisotopic (exact) mass is 359 g/mol. The Morgan fingerprint density at radius 3 is 2.71 bits per heavy atom. The van der Waals surface area contributed by atoms with E-state index in [0.717, 1.165) is 11.1 Å². The van der Waals surface area contributed by atoms with Crippen LogP contribution in [0.1, 0.15) is 18.9 Å². The van der Waals surface area contributed by atoms with Crippen LogP contribution in [0.3, 0.4) is 0 Å². The van der Waals surface area contributed by atoms with E-state index in [4.69, 9.17) is 17.3 Å². The number of aliphatic carboxylic acids is 1. The van der Waals surface area contributed by atoms with Gasteiger partial charge in [0.05, 0.1) is 11.3 Å². The van der Waals surface area contributed by atoms with Crippen LogP contribution >= 0.6 is 24.0 Å². The van der Waals surface area contributed by atoms with Gasteiger partial charge in [-0.2, -0.15) is 0 Å². The van der Waals surface area contributed by atoms with Crippen molar-refractivity contribution in [3.63, 3.8) is 0 Å². The van der Waals surface area contributed by atoms with Gasteiger partial charge in [-0.1, -0.05) is 78.1 Å². The Hall–Kier alpha value is -2.18. The third kappa shape index (κ3) is 5.18. The number of amides is 1. The molecular formula is C18H17NO3S2. The molecule has 0 aromatic heterocycles. The third-order valence-corrected chi connectivity index (χ3v) is 4.62. The van der Waals surface area contributed by atoms with Crippen LogP contribution in [0, 0.1) is 0 Å². The highest BCUT2D eigenvalue weighted by Gasteiger charge is 2.31. The summed E-state index contributed by atoms with van der Waals surface area (Å²) in [5.41, 5.74) is 2.17. The number of benzene rings is 1. The van der Waals surface area contributed by atoms with Crippen molar-refractivity contribution in [2.45, 2.75) is 13.3 Å². The summed E-state index contributed by atoms with van der Waals surface area (Å²) >= 11 is 6.33. The van der Waals surface area contributed by atoms with Crippen LogP contribution < -0.4 is 0 Å². The second-order valence-corrected chi connectivity index (χ2v) is 6.83. The highest BCUT2D eigenvalue weighted by atomic mass is 32.2. The topological polar surface area (TPSA) is 57.6 Å². The fourth-order valence-corrected chi connectivity index (χ4v) is 3.32. The molecule has 4 nitrogen and oxygen atoms in total. The van der Waals surface area contributed by atoms with Crippen molar-refractivity contribution in [2.75, 3.05) is 6.54 Å². The van der Waals surface area contributed by atoms with Gasteiger partial charge < -0.3 is 5.11 Å². The zero-order chi connectivity index (χ0) is 17.5. The standard InChI is InChI=1S/C18H17NO3S2/c1-13(12-14-7-3-2-4-8-14)6-5-9-15-17(22)19(18(23)24-15)11-10-16(20)21/h2-9,12H,10-11H2,1H3,(H,20,21)/b6-5+,13-12+,15-9+. The van der Waals surface area contributed by atoms with Crippen molar-refractivity contribution in [1.29, 1.82) is 0 Å². The average molecular weight is 359 g/mol. The predicted octanol–water partition coefficient (Wildman–Crippen LogP) is 3.87.